The van der Waals surface area contributed by atoms with Crippen LogP contribution in [-0.2, 0) is 4.74 Å². The summed E-state index contributed by atoms with van der Waals surface area (Å²) in [7, 11) is 0. The van der Waals surface area contributed by atoms with Crippen molar-refractivity contribution < 1.29 is 4.74 Å². The number of hydrogen-bond acceptors (Lipinski definition) is 1. The molecule has 14 heavy (non-hydrogen) atoms. The minimum atomic E-state index is 0.106. The highest BCUT2D eigenvalue weighted by Crippen LogP contribution is 2.38. The van der Waals surface area contributed by atoms with Gasteiger partial charge in [0.15, 0.2) is 0 Å². The molecule has 2 atom stereocenters. The smallest absolute Gasteiger partial charge is 0.0679 e. The van der Waals surface area contributed by atoms with Crippen LogP contribution in [0.25, 0.3) is 0 Å². The van der Waals surface area contributed by atoms with Crippen LogP contribution >= 0.6 is 15.9 Å². The van der Waals surface area contributed by atoms with E-state index in [0.29, 0.717) is 11.5 Å². The van der Waals surface area contributed by atoms with Gasteiger partial charge in [0.25, 0.3) is 0 Å². The van der Waals surface area contributed by atoms with Gasteiger partial charge in [0.1, 0.15) is 0 Å². The molecule has 0 spiro atoms. The summed E-state index contributed by atoms with van der Waals surface area (Å²) in [5.74, 6) is 0. The summed E-state index contributed by atoms with van der Waals surface area (Å²) in [5, 5.41) is 0.979. The van der Waals surface area contributed by atoms with Crippen LogP contribution in [0.3, 0.4) is 0 Å². The lowest BCUT2D eigenvalue weighted by atomic mass is 9.79. The van der Waals surface area contributed by atoms with E-state index in [1.165, 1.54) is 19.3 Å². The molecule has 0 aromatic carbocycles. The Hall–Kier alpha value is 0.440. The second-order valence-electron chi connectivity index (χ2n) is 5.97. The van der Waals surface area contributed by atoms with Crippen molar-refractivity contribution in [2.45, 2.75) is 65.1 Å². The molecule has 1 aliphatic heterocycles. The second-order valence-corrected chi connectivity index (χ2v) is 6.62. The lowest BCUT2D eigenvalue weighted by molar-refractivity contribution is -0.124. The molecule has 1 saturated heterocycles. The molecule has 0 aromatic heterocycles. The molecular formula is C12H23BrO. The van der Waals surface area contributed by atoms with Crippen molar-refractivity contribution in [2.75, 3.05) is 5.33 Å². The highest BCUT2D eigenvalue weighted by atomic mass is 79.9. The van der Waals surface area contributed by atoms with Gasteiger partial charge in [-0.15, -0.1) is 0 Å². The molecule has 1 fully saturated rings. The maximum absolute atomic E-state index is 6.15. The molecule has 0 saturated carbocycles. The number of rotatable bonds is 2. The molecule has 1 nitrogen and oxygen atoms in total. The molecular weight excluding hydrogens is 240 g/mol. The van der Waals surface area contributed by atoms with E-state index in [1.54, 1.807) is 0 Å². The molecule has 2 unspecified atom stereocenters. The Labute approximate surface area is 96.7 Å². The van der Waals surface area contributed by atoms with Gasteiger partial charge in [-0.2, -0.15) is 0 Å². The lowest BCUT2D eigenvalue weighted by Crippen LogP contribution is -2.41. The van der Waals surface area contributed by atoms with Gasteiger partial charge in [-0.1, -0.05) is 36.7 Å². The van der Waals surface area contributed by atoms with E-state index in [4.69, 9.17) is 4.74 Å². The van der Waals surface area contributed by atoms with Gasteiger partial charge >= 0.3 is 0 Å². The van der Waals surface area contributed by atoms with Gasteiger partial charge in [0.2, 0.25) is 0 Å². The molecule has 0 N–H and O–H groups in total. The summed E-state index contributed by atoms with van der Waals surface area (Å²) in [6.45, 7) is 9.14. The van der Waals surface area contributed by atoms with Crippen LogP contribution in [0.4, 0.5) is 0 Å². The quantitative estimate of drug-likeness (QED) is 0.680. The molecule has 0 aliphatic carbocycles. The molecule has 1 heterocycles. The van der Waals surface area contributed by atoms with Crippen LogP contribution in [0.5, 0.6) is 0 Å². The highest BCUT2D eigenvalue weighted by Gasteiger charge is 2.35. The van der Waals surface area contributed by atoms with Crippen LogP contribution in [-0.4, -0.2) is 17.0 Å². The van der Waals surface area contributed by atoms with Crippen molar-refractivity contribution in [3.63, 3.8) is 0 Å². The first-order valence-electron chi connectivity index (χ1n) is 5.58. The van der Waals surface area contributed by atoms with Crippen molar-refractivity contribution in [1.82, 2.24) is 0 Å². The van der Waals surface area contributed by atoms with E-state index in [9.17, 15) is 0 Å². The molecule has 0 bridgehead atoms. The average molecular weight is 263 g/mol. The summed E-state index contributed by atoms with van der Waals surface area (Å²) in [6.07, 6.45) is 5.32. The van der Waals surface area contributed by atoms with Crippen LogP contribution in [0.1, 0.15) is 53.4 Å². The van der Waals surface area contributed by atoms with Gasteiger partial charge in [0, 0.05) is 5.33 Å². The molecule has 1 aliphatic rings. The fourth-order valence-electron chi connectivity index (χ4n) is 2.58. The van der Waals surface area contributed by atoms with E-state index in [2.05, 4.69) is 43.6 Å². The second kappa shape index (κ2) is 4.52. The third-order valence-electron chi connectivity index (χ3n) is 2.76. The molecule has 2 heteroatoms. The number of ether oxygens (including phenoxy) is 1. The van der Waals surface area contributed by atoms with E-state index >= 15 is 0 Å². The SMILES string of the molecule is CC(C)(C)CC1(C)CCCC(CBr)O1. The summed E-state index contributed by atoms with van der Waals surface area (Å²) >= 11 is 3.52. The third-order valence-corrected chi connectivity index (χ3v) is 3.48. The summed E-state index contributed by atoms with van der Waals surface area (Å²) in [4.78, 5) is 0. The number of alkyl halides is 1. The highest BCUT2D eigenvalue weighted by molar-refractivity contribution is 9.09. The Morgan fingerprint density at radius 2 is 2.07 bits per heavy atom. The predicted octanol–water partition coefficient (Wildman–Crippen LogP) is 4.15. The van der Waals surface area contributed by atoms with E-state index < -0.39 is 0 Å². The Kier molecular flexibility index (Phi) is 4.04. The molecule has 0 aromatic rings. The van der Waals surface area contributed by atoms with Crippen LogP contribution < -0.4 is 0 Å². The minimum Gasteiger partial charge on any atom is -0.371 e. The van der Waals surface area contributed by atoms with Gasteiger partial charge in [0.05, 0.1) is 11.7 Å². The fraction of sp³-hybridized carbons (Fsp3) is 1.00. The standard InChI is InChI=1S/C12H23BrO/c1-11(2,3)9-12(4)7-5-6-10(8-13)14-12/h10H,5-9H2,1-4H3. The maximum atomic E-state index is 6.15. The van der Waals surface area contributed by atoms with Crippen molar-refractivity contribution in [2.24, 2.45) is 5.41 Å². The first-order chi connectivity index (χ1) is 6.35. The van der Waals surface area contributed by atoms with Gasteiger partial charge in [-0.3, -0.25) is 0 Å². The number of hydrogen-bond donors (Lipinski definition) is 0. The van der Waals surface area contributed by atoms with E-state index in [-0.39, 0.29) is 5.60 Å². The molecule has 1 rings (SSSR count). The minimum absolute atomic E-state index is 0.106. The summed E-state index contributed by atoms with van der Waals surface area (Å²) in [6, 6.07) is 0. The first-order valence-corrected chi connectivity index (χ1v) is 6.71. The Bertz CT molecular complexity index is 185. The molecule has 0 amide bonds. The van der Waals surface area contributed by atoms with Crippen LogP contribution in [0.15, 0.2) is 0 Å². The van der Waals surface area contributed by atoms with Crippen molar-refractivity contribution in [3.8, 4) is 0 Å². The monoisotopic (exact) mass is 262 g/mol. The van der Waals surface area contributed by atoms with Crippen LogP contribution in [0.2, 0.25) is 0 Å². The maximum Gasteiger partial charge on any atom is 0.0679 e. The zero-order valence-corrected chi connectivity index (χ0v) is 11.5. The Morgan fingerprint density at radius 1 is 1.43 bits per heavy atom. The third kappa shape index (κ3) is 3.90. The number of halogens is 1. The first kappa shape index (κ1) is 12.5. The summed E-state index contributed by atoms with van der Waals surface area (Å²) in [5.41, 5.74) is 0.470. The van der Waals surface area contributed by atoms with Gasteiger partial charge < -0.3 is 4.74 Å². The van der Waals surface area contributed by atoms with Gasteiger partial charge in [-0.25, -0.2) is 0 Å². The molecule has 84 valence electrons. The van der Waals surface area contributed by atoms with Crippen molar-refractivity contribution >= 4 is 15.9 Å². The lowest BCUT2D eigenvalue weighted by Gasteiger charge is -2.42. The molecule has 0 radical (unpaired) electrons. The normalized spacial score (nSPS) is 34.5. The van der Waals surface area contributed by atoms with Crippen molar-refractivity contribution in [3.05, 3.63) is 0 Å². The topological polar surface area (TPSA) is 9.23 Å². The van der Waals surface area contributed by atoms with E-state index in [1.807, 2.05) is 0 Å². The van der Waals surface area contributed by atoms with Crippen molar-refractivity contribution in [1.29, 1.82) is 0 Å². The zero-order chi connectivity index (χ0) is 10.8. The zero-order valence-electron chi connectivity index (χ0n) is 9.90. The average Bonchev–Trinajstić information content (AvgIpc) is 1.99. The van der Waals surface area contributed by atoms with Gasteiger partial charge in [-0.05, 0) is 38.0 Å². The fourth-order valence-corrected chi connectivity index (χ4v) is 3.04. The van der Waals surface area contributed by atoms with E-state index in [0.717, 1.165) is 11.8 Å². The Morgan fingerprint density at radius 3 is 2.57 bits per heavy atom. The summed E-state index contributed by atoms with van der Waals surface area (Å²) < 4.78 is 6.15. The Balaban J connectivity index is 2.55. The predicted molar refractivity (Wildman–Crippen MR) is 65.0 cm³/mol. The van der Waals surface area contributed by atoms with Crippen LogP contribution in [0, 0.1) is 5.41 Å². The largest absolute Gasteiger partial charge is 0.371 e.